The highest BCUT2D eigenvalue weighted by Crippen LogP contribution is 2.26. The van der Waals surface area contributed by atoms with Crippen molar-refractivity contribution in [2.75, 3.05) is 11.1 Å². The van der Waals surface area contributed by atoms with Gasteiger partial charge in [0.1, 0.15) is 5.82 Å². The minimum atomic E-state index is -0.473. The summed E-state index contributed by atoms with van der Waals surface area (Å²) in [6, 6.07) is 11.8. The van der Waals surface area contributed by atoms with E-state index in [2.05, 4.69) is 21.2 Å². The molecule has 1 atom stereocenters. The highest BCUT2D eigenvalue weighted by Gasteiger charge is 2.16. The van der Waals surface area contributed by atoms with Gasteiger partial charge in [0.05, 0.1) is 10.9 Å². The maximum absolute atomic E-state index is 13.7. The molecule has 0 aliphatic rings. The molecule has 3 nitrogen and oxygen atoms in total. The highest BCUT2D eigenvalue weighted by atomic mass is 79.9. The van der Waals surface area contributed by atoms with Gasteiger partial charge in [-0.1, -0.05) is 22.0 Å². The second-order valence-corrected chi connectivity index (χ2v) is 6.78. The van der Waals surface area contributed by atoms with Crippen LogP contribution in [0.2, 0.25) is 0 Å². The zero-order chi connectivity index (χ0) is 15.4. The zero-order valence-corrected chi connectivity index (χ0v) is 13.7. The van der Waals surface area contributed by atoms with E-state index in [1.165, 1.54) is 23.9 Å². The average Bonchev–Trinajstić information content (AvgIpc) is 2.41. The molecule has 0 aromatic heterocycles. The maximum Gasteiger partial charge on any atom is 0.237 e. The van der Waals surface area contributed by atoms with Crippen LogP contribution in [0.1, 0.15) is 6.92 Å². The monoisotopic (exact) mass is 368 g/mol. The third kappa shape index (κ3) is 4.47. The number of anilines is 2. The van der Waals surface area contributed by atoms with Gasteiger partial charge in [-0.3, -0.25) is 4.79 Å². The molecule has 0 heterocycles. The van der Waals surface area contributed by atoms with Crippen molar-refractivity contribution < 1.29 is 9.18 Å². The molecule has 0 aliphatic heterocycles. The van der Waals surface area contributed by atoms with Gasteiger partial charge >= 0.3 is 0 Å². The van der Waals surface area contributed by atoms with Crippen molar-refractivity contribution in [3.8, 4) is 0 Å². The van der Waals surface area contributed by atoms with E-state index in [0.29, 0.717) is 10.2 Å². The summed E-state index contributed by atoms with van der Waals surface area (Å²) in [5, 5.41) is 2.22. The van der Waals surface area contributed by atoms with Crippen LogP contribution < -0.4 is 11.1 Å². The SMILES string of the molecule is CC(Sc1cccc(N)c1)C(=O)Nc1ccc(Br)cc1F. The molecule has 2 aromatic carbocycles. The molecule has 0 aliphatic carbocycles. The fourth-order valence-corrected chi connectivity index (χ4v) is 2.94. The Kier molecular flexibility index (Phi) is 5.25. The summed E-state index contributed by atoms with van der Waals surface area (Å²) < 4.78 is 14.3. The number of carbonyl (C=O) groups is 1. The number of rotatable bonds is 4. The largest absolute Gasteiger partial charge is 0.399 e. The standard InChI is InChI=1S/C15H14BrFN2OS/c1-9(21-12-4-2-3-11(18)8-12)15(20)19-14-6-5-10(16)7-13(14)17/h2-9H,18H2,1H3,(H,19,20). The summed E-state index contributed by atoms with van der Waals surface area (Å²) in [6.07, 6.45) is 0. The first kappa shape index (κ1) is 15.9. The lowest BCUT2D eigenvalue weighted by atomic mass is 10.3. The fourth-order valence-electron chi connectivity index (χ4n) is 1.67. The number of hydrogen-bond donors (Lipinski definition) is 2. The van der Waals surface area contributed by atoms with Crippen molar-refractivity contribution in [2.24, 2.45) is 0 Å². The summed E-state index contributed by atoms with van der Waals surface area (Å²) >= 11 is 4.54. The van der Waals surface area contributed by atoms with E-state index < -0.39 is 5.82 Å². The molecule has 0 bridgehead atoms. The van der Waals surface area contributed by atoms with E-state index in [1.807, 2.05) is 12.1 Å². The smallest absolute Gasteiger partial charge is 0.237 e. The van der Waals surface area contributed by atoms with Crippen LogP contribution in [-0.4, -0.2) is 11.2 Å². The second-order valence-electron chi connectivity index (χ2n) is 4.45. The zero-order valence-electron chi connectivity index (χ0n) is 11.3. The van der Waals surface area contributed by atoms with Crippen molar-refractivity contribution in [1.82, 2.24) is 0 Å². The molecular formula is C15H14BrFN2OS. The summed E-state index contributed by atoms with van der Waals surface area (Å²) in [5.41, 5.74) is 6.51. The van der Waals surface area contributed by atoms with Gasteiger partial charge in [0, 0.05) is 15.1 Å². The van der Waals surface area contributed by atoms with E-state index in [0.717, 1.165) is 4.90 Å². The molecule has 0 spiro atoms. The lowest BCUT2D eigenvalue weighted by Crippen LogP contribution is -2.22. The molecule has 0 fully saturated rings. The molecule has 1 amide bonds. The van der Waals surface area contributed by atoms with Crippen molar-refractivity contribution in [3.05, 3.63) is 52.8 Å². The maximum atomic E-state index is 13.7. The third-order valence-corrected chi connectivity index (χ3v) is 4.32. The lowest BCUT2D eigenvalue weighted by molar-refractivity contribution is -0.115. The summed E-state index contributed by atoms with van der Waals surface area (Å²) in [4.78, 5) is 13.0. The van der Waals surface area contributed by atoms with Crippen LogP contribution in [-0.2, 0) is 4.79 Å². The summed E-state index contributed by atoms with van der Waals surface area (Å²) in [7, 11) is 0. The molecule has 2 rings (SSSR count). The van der Waals surface area contributed by atoms with Gasteiger partial charge in [-0.2, -0.15) is 0 Å². The number of amides is 1. The first-order chi connectivity index (χ1) is 9.95. The quantitative estimate of drug-likeness (QED) is 0.625. The van der Waals surface area contributed by atoms with Crippen molar-refractivity contribution >= 4 is 45.0 Å². The molecule has 0 saturated heterocycles. The second kappa shape index (κ2) is 6.95. The number of thioether (sulfide) groups is 1. The minimum absolute atomic E-state index is 0.170. The molecule has 6 heteroatoms. The van der Waals surface area contributed by atoms with Gasteiger partial charge in [-0.25, -0.2) is 4.39 Å². The predicted molar refractivity (Wildman–Crippen MR) is 88.9 cm³/mol. The van der Waals surface area contributed by atoms with E-state index in [-0.39, 0.29) is 16.8 Å². The first-order valence-electron chi connectivity index (χ1n) is 6.24. The molecule has 0 saturated carbocycles. The molecule has 3 N–H and O–H groups in total. The van der Waals surface area contributed by atoms with Crippen LogP contribution in [0.4, 0.5) is 15.8 Å². The van der Waals surface area contributed by atoms with E-state index in [9.17, 15) is 9.18 Å². The molecule has 2 aromatic rings. The Bertz CT molecular complexity index is 666. The molecule has 0 radical (unpaired) electrons. The molecule has 1 unspecified atom stereocenters. The Morgan fingerprint density at radius 2 is 2.10 bits per heavy atom. The van der Waals surface area contributed by atoms with E-state index in [4.69, 9.17) is 5.73 Å². The van der Waals surface area contributed by atoms with Gasteiger partial charge in [-0.15, -0.1) is 11.8 Å². The number of carbonyl (C=O) groups excluding carboxylic acids is 1. The van der Waals surface area contributed by atoms with Crippen molar-refractivity contribution in [1.29, 1.82) is 0 Å². The van der Waals surface area contributed by atoms with Gasteiger partial charge in [0.15, 0.2) is 0 Å². The van der Waals surface area contributed by atoms with Crippen molar-refractivity contribution in [2.45, 2.75) is 17.1 Å². The number of nitrogen functional groups attached to an aromatic ring is 1. The number of nitrogens with two attached hydrogens (primary N) is 1. The van der Waals surface area contributed by atoms with Crippen LogP contribution in [0.25, 0.3) is 0 Å². The molecular weight excluding hydrogens is 355 g/mol. The van der Waals surface area contributed by atoms with Gasteiger partial charge < -0.3 is 11.1 Å². The number of nitrogens with one attached hydrogen (secondary N) is 1. The van der Waals surface area contributed by atoms with E-state index in [1.54, 1.807) is 25.1 Å². The fraction of sp³-hybridized carbons (Fsp3) is 0.133. The number of benzene rings is 2. The van der Waals surface area contributed by atoms with Crippen LogP contribution in [0.5, 0.6) is 0 Å². The van der Waals surface area contributed by atoms with Gasteiger partial charge in [0.2, 0.25) is 5.91 Å². The Balaban J connectivity index is 2.02. The third-order valence-electron chi connectivity index (χ3n) is 2.73. The topological polar surface area (TPSA) is 55.1 Å². The Morgan fingerprint density at radius 3 is 2.76 bits per heavy atom. The summed E-state index contributed by atoms with van der Waals surface area (Å²) in [6.45, 7) is 1.76. The van der Waals surface area contributed by atoms with Crippen LogP contribution in [0, 0.1) is 5.82 Å². The minimum Gasteiger partial charge on any atom is -0.399 e. The van der Waals surface area contributed by atoms with Crippen LogP contribution >= 0.6 is 27.7 Å². The number of halogens is 2. The number of hydrogen-bond acceptors (Lipinski definition) is 3. The Morgan fingerprint density at radius 1 is 1.33 bits per heavy atom. The van der Waals surface area contributed by atoms with E-state index >= 15 is 0 Å². The van der Waals surface area contributed by atoms with Gasteiger partial charge in [0.25, 0.3) is 0 Å². The van der Waals surface area contributed by atoms with Gasteiger partial charge in [-0.05, 0) is 43.3 Å². The molecule has 21 heavy (non-hydrogen) atoms. The van der Waals surface area contributed by atoms with Crippen LogP contribution in [0.3, 0.4) is 0 Å². The summed E-state index contributed by atoms with van der Waals surface area (Å²) in [5.74, 6) is -0.734. The predicted octanol–water partition coefficient (Wildman–Crippen LogP) is 4.29. The first-order valence-corrected chi connectivity index (χ1v) is 7.91. The van der Waals surface area contributed by atoms with Crippen LogP contribution in [0.15, 0.2) is 51.8 Å². The normalized spacial score (nSPS) is 12.0. The lowest BCUT2D eigenvalue weighted by Gasteiger charge is -2.13. The highest BCUT2D eigenvalue weighted by molar-refractivity contribution is 9.10. The molecule has 110 valence electrons. The average molecular weight is 369 g/mol. The Labute approximate surface area is 135 Å². The van der Waals surface area contributed by atoms with Crippen molar-refractivity contribution in [3.63, 3.8) is 0 Å². The Hall–Kier alpha value is -1.53.